The molecule has 2 aromatic rings. The van der Waals surface area contributed by atoms with Gasteiger partial charge in [-0.05, 0) is 18.9 Å². The predicted molar refractivity (Wildman–Crippen MR) is 101 cm³/mol. The van der Waals surface area contributed by atoms with Crippen LogP contribution in [0, 0.1) is 5.92 Å². The molecule has 136 valence electrons. The van der Waals surface area contributed by atoms with Crippen LogP contribution in [0.15, 0.2) is 24.3 Å². The van der Waals surface area contributed by atoms with Crippen molar-refractivity contribution in [1.29, 1.82) is 0 Å². The second kappa shape index (κ2) is 7.32. The fourth-order valence-corrected chi connectivity index (χ4v) is 4.77. The number of carbonyl (C=O) groups is 2. The van der Waals surface area contributed by atoms with E-state index in [-0.39, 0.29) is 24.2 Å². The van der Waals surface area contributed by atoms with E-state index in [2.05, 4.69) is 15.5 Å². The molecule has 1 aliphatic carbocycles. The number of benzene rings is 1. The van der Waals surface area contributed by atoms with Crippen LogP contribution in [-0.2, 0) is 9.59 Å². The Labute approximate surface area is 160 Å². The third-order valence-electron chi connectivity index (χ3n) is 5.05. The van der Waals surface area contributed by atoms with Crippen LogP contribution in [0.2, 0.25) is 5.02 Å². The highest BCUT2D eigenvalue weighted by molar-refractivity contribution is 7.18. The molecule has 0 bridgehead atoms. The van der Waals surface area contributed by atoms with E-state index in [1.165, 1.54) is 24.2 Å². The van der Waals surface area contributed by atoms with E-state index in [0.29, 0.717) is 27.7 Å². The average Bonchev–Trinajstić information content (AvgIpc) is 3.35. The summed E-state index contributed by atoms with van der Waals surface area (Å²) in [4.78, 5) is 26.7. The van der Waals surface area contributed by atoms with Crippen LogP contribution in [-0.4, -0.2) is 39.5 Å². The zero-order valence-corrected chi connectivity index (χ0v) is 15.7. The lowest BCUT2D eigenvalue weighted by atomic mass is 10.1. The maximum atomic E-state index is 12.6. The van der Waals surface area contributed by atoms with Crippen LogP contribution in [0.3, 0.4) is 0 Å². The zero-order chi connectivity index (χ0) is 18.1. The minimum atomic E-state index is -0.323. The van der Waals surface area contributed by atoms with Gasteiger partial charge in [0.05, 0.1) is 10.9 Å². The van der Waals surface area contributed by atoms with Gasteiger partial charge in [0.1, 0.15) is 0 Å². The molecule has 1 saturated heterocycles. The van der Waals surface area contributed by atoms with Gasteiger partial charge in [-0.1, -0.05) is 54.0 Å². The minimum absolute atomic E-state index is 0.0890. The molecule has 0 spiro atoms. The van der Waals surface area contributed by atoms with E-state index in [9.17, 15) is 9.59 Å². The quantitative estimate of drug-likeness (QED) is 0.865. The van der Waals surface area contributed by atoms with Crippen molar-refractivity contribution < 1.29 is 9.59 Å². The lowest BCUT2D eigenvalue weighted by Crippen LogP contribution is -2.35. The Balaban J connectivity index is 1.41. The van der Waals surface area contributed by atoms with E-state index in [4.69, 9.17) is 11.6 Å². The smallest absolute Gasteiger partial charge is 0.231 e. The van der Waals surface area contributed by atoms with Crippen LogP contribution in [0.5, 0.6) is 0 Å². The monoisotopic (exact) mass is 390 g/mol. The van der Waals surface area contributed by atoms with E-state index in [0.717, 1.165) is 18.4 Å². The lowest BCUT2D eigenvalue weighted by molar-refractivity contribution is -0.129. The molecule has 1 N–H and O–H groups in total. The first-order valence-corrected chi connectivity index (χ1v) is 10.00. The van der Waals surface area contributed by atoms with Gasteiger partial charge in [0.2, 0.25) is 16.9 Å². The fourth-order valence-electron chi connectivity index (χ4n) is 3.70. The van der Waals surface area contributed by atoms with Gasteiger partial charge in [0, 0.05) is 24.6 Å². The summed E-state index contributed by atoms with van der Waals surface area (Å²) in [5, 5.41) is 12.6. The average molecular weight is 391 g/mol. The minimum Gasteiger partial charge on any atom is -0.339 e. The molecule has 1 aliphatic heterocycles. The number of carbonyl (C=O) groups excluding carboxylic acids is 2. The van der Waals surface area contributed by atoms with Crippen molar-refractivity contribution in [1.82, 2.24) is 15.1 Å². The van der Waals surface area contributed by atoms with Gasteiger partial charge < -0.3 is 10.2 Å². The van der Waals surface area contributed by atoms with Crippen molar-refractivity contribution in [3.05, 3.63) is 29.3 Å². The highest BCUT2D eigenvalue weighted by Crippen LogP contribution is 2.33. The highest BCUT2D eigenvalue weighted by atomic mass is 35.5. The van der Waals surface area contributed by atoms with Gasteiger partial charge in [-0.15, -0.1) is 10.2 Å². The molecule has 1 aromatic carbocycles. The van der Waals surface area contributed by atoms with Crippen LogP contribution >= 0.6 is 22.9 Å². The molecule has 4 rings (SSSR count). The van der Waals surface area contributed by atoms with Crippen molar-refractivity contribution in [2.75, 3.05) is 11.9 Å². The zero-order valence-electron chi connectivity index (χ0n) is 14.2. The number of hydrogen-bond donors (Lipinski definition) is 1. The number of rotatable bonds is 4. The van der Waals surface area contributed by atoms with E-state index in [1.807, 2.05) is 23.1 Å². The molecule has 1 saturated carbocycles. The second-order valence-electron chi connectivity index (χ2n) is 6.77. The van der Waals surface area contributed by atoms with Gasteiger partial charge in [-0.25, -0.2) is 0 Å². The molecular weight excluding hydrogens is 372 g/mol. The Morgan fingerprint density at radius 1 is 1.23 bits per heavy atom. The van der Waals surface area contributed by atoms with Crippen LogP contribution in [0.4, 0.5) is 5.13 Å². The predicted octanol–water partition coefficient (Wildman–Crippen LogP) is 3.59. The molecule has 2 fully saturated rings. The Hall–Kier alpha value is -1.99. The van der Waals surface area contributed by atoms with Gasteiger partial charge in [-0.2, -0.15) is 0 Å². The Morgan fingerprint density at radius 3 is 2.77 bits per heavy atom. The molecule has 1 unspecified atom stereocenters. The van der Waals surface area contributed by atoms with Gasteiger partial charge >= 0.3 is 0 Å². The van der Waals surface area contributed by atoms with Crippen molar-refractivity contribution in [3.8, 4) is 10.6 Å². The van der Waals surface area contributed by atoms with E-state index >= 15 is 0 Å². The molecule has 1 aromatic heterocycles. The fraction of sp³-hybridized carbons (Fsp3) is 0.444. The molecule has 0 radical (unpaired) electrons. The SMILES string of the molecule is O=C(Nc1nnc(-c2ccccc2Cl)s1)C1CC(=O)N(C2CCCC2)C1. The Kier molecular flexibility index (Phi) is 4.91. The second-order valence-corrected chi connectivity index (χ2v) is 8.15. The Morgan fingerprint density at radius 2 is 2.00 bits per heavy atom. The van der Waals surface area contributed by atoms with E-state index in [1.54, 1.807) is 6.07 Å². The van der Waals surface area contributed by atoms with Crippen molar-refractivity contribution in [2.45, 2.75) is 38.1 Å². The maximum Gasteiger partial charge on any atom is 0.231 e. The number of aromatic nitrogens is 2. The summed E-state index contributed by atoms with van der Waals surface area (Å²) in [6.45, 7) is 0.505. The van der Waals surface area contributed by atoms with Crippen LogP contribution in [0.1, 0.15) is 32.1 Å². The first kappa shape index (κ1) is 17.4. The van der Waals surface area contributed by atoms with Crippen LogP contribution < -0.4 is 5.32 Å². The normalized spacial score (nSPS) is 20.7. The number of nitrogens with one attached hydrogen (secondary N) is 1. The third kappa shape index (κ3) is 3.46. The summed E-state index contributed by atoms with van der Waals surface area (Å²) in [5.74, 6) is -0.400. The number of amides is 2. The molecule has 2 heterocycles. The molecule has 2 amide bonds. The first-order chi connectivity index (χ1) is 12.6. The molecule has 6 nitrogen and oxygen atoms in total. The van der Waals surface area contributed by atoms with E-state index < -0.39 is 0 Å². The van der Waals surface area contributed by atoms with Gasteiger partial charge in [-0.3, -0.25) is 9.59 Å². The molecule has 1 atom stereocenters. The van der Waals surface area contributed by atoms with Gasteiger partial charge in [0.15, 0.2) is 5.01 Å². The molecule has 8 heteroatoms. The molecular formula is C18H19ClN4O2S. The molecule has 26 heavy (non-hydrogen) atoms. The summed E-state index contributed by atoms with van der Waals surface area (Å²) in [6, 6.07) is 7.70. The number of nitrogens with zero attached hydrogens (tertiary/aromatic N) is 3. The largest absolute Gasteiger partial charge is 0.339 e. The maximum absolute atomic E-state index is 12.6. The number of likely N-dealkylation sites (tertiary alicyclic amines) is 1. The van der Waals surface area contributed by atoms with Crippen molar-refractivity contribution >= 4 is 39.9 Å². The lowest BCUT2D eigenvalue weighted by Gasteiger charge is -2.23. The summed E-state index contributed by atoms with van der Waals surface area (Å²) < 4.78 is 0. The molecule has 2 aliphatic rings. The first-order valence-electron chi connectivity index (χ1n) is 8.80. The van der Waals surface area contributed by atoms with Crippen molar-refractivity contribution in [2.24, 2.45) is 5.92 Å². The topological polar surface area (TPSA) is 75.2 Å². The van der Waals surface area contributed by atoms with Crippen molar-refractivity contribution in [3.63, 3.8) is 0 Å². The van der Waals surface area contributed by atoms with Crippen LogP contribution in [0.25, 0.3) is 10.6 Å². The standard InChI is InChI=1S/C18H19ClN4O2S/c19-14-8-4-3-7-13(14)17-21-22-18(26-17)20-16(25)11-9-15(24)23(10-11)12-5-1-2-6-12/h3-4,7-8,11-12H,1-2,5-6,9-10H2,(H,20,22,25). The summed E-state index contributed by atoms with van der Waals surface area (Å²) in [6.07, 6.45) is 4.72. The highest BCUT2D eigenvalue weighted by Gasteiger charge is 2.38. The third-order valence-corrected chi connectivity index (χ3v) is 6.26. The number of halogens is 1. The number of anilines is 1. The number of hydrogen-bond acceptors (Lipinski definition) is 5. The summed E-state index contributed by atoms with van der Waals surface area (Å²) in [7, 11) is 0. The summed E-state index contributed by atoms with van der Waals surface area (Å²) in [5.41, 5.74) is 0.788. The Bertz CT molecular complexity index is 834. The van der Waals surface area contributed by atoms with Gasteiger partial charge in [0.25, 0.3) is 0 Å². The summed E-state index contributed by atoms with van der Waals surface area (Å²) >= 11 is 7.46.